The van der Waals surface area contributed by atoms with Crippen LogP contribution >= 0.6 is 12.2 Å². The van der Waals surface area contributed by atoms with Gasteiger partial charge in [0.05, 0.1) is 11.3 Å². The maximum atomic E-state index is 5.93. The van der Waals surface area contributed by atoms with Gasteiger partial charge in [0, 0.05) is 24.5 Å². The van der Waals surface area contributed by atoms with E-state index >= 15 is 0 Å². The third kappa shape index (κ3) is 2.66. The molecule has 3 nitrogen and oxygen atoms in total. The molecule has 2 rings (SSSR count). The van der Waals surface area contributed by atoms with E-state index in [2.05, 4.69) is 29.8 Å². The number of hydrogen-bond acceptors (Lipinski definition) is 3. The second kappa shape index (κ2) is 5.68. The van der Waals surface area contributed by atoms with E-state index in [0.29, 0.717) is 10.4 Å². The first-order valence-electron chi connectivity index (χ1n) is 7.45. The van der Waals surface area contributed by atoms with Gasteiger partial charge in [-0.05, 0) is 44.6 Å². The molecule has 4 heteroatoms. The lowest BCUT2D eigenvalue weighted by Gasteiger charge is -2.28. The summed E-state index contributed by atoms with van der Waals surface area (Å²) in [5.74, 6) is 0. The molecule has 2 N–H and O–H groups in total. The Bertz CT molecular complexity index is 521. The first kappa shape index (κ1) is 15.2. The second-order valence-electron chi connectivity index (χ2n) is 5.99. The summed E-state index contributed by atoms with van der Waals surface area (Å²) in [4.78, 5) is 7.41. The van der Waals surface area contributed by atoms with Crippen LogP contribution in [0.5, 0.6) is 0 Å². The molecule has 0 unspecified atom stereocenters. The van der Waals surface area contributed by atoms with Crippen LogP contribution in [0.3, 0.4) is 0 Å². The molecule has 0 spiro atoms. The number of aryl methyl sites for hydroxylation is 2. The Hall–Kier alpha value is -1.16. The molecule has 0 radical (unpaired) electrons. The Morgan fingerprint density at radius 1 is 1.40 bits per heavy atom. The molecule has 0 bridgehead atoms. The fraction of sp³-hybridized carbons (Fsp3) is 0.625. The third-order valence-electron chi connectivity index (χ3n) is 4.83. The van der Waals surface area contributed by atoms with Gasteiger partial charge in [0.15, 0.2) is 0 Å². The molecule has 20 heavy (non-hydrogen) atoms. The van der Waals surface area contributed by atoms with Crippen molar-refractivity contribution in [1.82, 2.24) is 4.98 Å². The summed E-state index contributed by atoms with van der Waals surface area (Å²) in [5.41, 5.74) is 10.5. The van der Waals surface area contributed by atoms with Crippen molar-refractivity contribution >= 4 is 22.9 Å². The monoisotopic (exact) mass is 291 g/mol. The molecule has 1 saturated heterocycles. The average Bonchev–Trinajstić information content (AvgIpc) is 2.82. The number of aromatic nitrogens is 1. The highest BCUT2D eigenvalue weighted by atomic mass is 32.1. The molecule has 1 aliphatic heterocycles. The van der Waals surface area contributed by atoms with E-state index < -0.39 is 0 Å². The van der Waals surface area contributed by atoms with Crippen molar-refractivity contribution in [2.75, 3.05) is 18.0 Å². The molecule has 2 heterocycles. The molecule has 1 aromatic heterocycles. The highest BCUT2D eigenvalue weighted by Gasteiger charge is 2.36. The molecule has 1 fully saturated rings. The molecule has 1 aliphatic rings. The maximum absolute atomic E-state index is 5.93. The zero-order chi connectivity index (χ0) is 14.9. The Morgan fingerprint density at radius 2 is 2.05 bits per heavy atom. The van der Waals surface area contributed by atoms with E-state index in [4.69, 9.17) is 18.0 Å². The lowest BCUT2D eigenvalue weighted by molar-refractivity contribution is 0.301. The molecule has 0 aromatic carbocycles. The van der Waals surface area contributed by atoms with Gasteiger partial charge in [-0.15, -0.1) is 0 Å². The third-order valence-corrected chi connectivity index (χ3v) is 5.04. The van der Waals surface area contributed by atoms with E-state index in [1.807, 2.05) is 13.8 Å². The number of thiocarbonyl (C=S) groups is 1. The van der Waals surface area contributed by atoms with Crippen molar-refractivity contribution in [2.24, 2.45) is 11.1 Å². The fourth-order valence-corrected chi connectivity index (χ4v) is 3.58. The first-order valence-corrected chi connectivity index (χ1v) is 7.86. The van der Waals surface area contributed by atoms with Crippen LogP contribution in [0.2, 0.25) is 0 Å². The largest absolute Gasteiger partial charge is 0.389 e. The molecule has 1 aromatic rings. The Labute approximate surface area is 127 Å². The van der Waals surface area contributed by atoms with Gasteiger partial charge in [-0.3, -0.25) is 4.98 Å². The number of pyridine rings is 1. The highest BCUT2D eigenvalue weighted by molar-refractivity contribution is 7.80. The van der Waals surface area contributed by atoms with Gasteiger partial charge in [-0.1, -0.05) is 26.1 Å². The Kier molecular flexibility index (Phi) is 4.33. The number of nitrogens with zero attached hydrogens (tertiary/aromatic N) is 2. The van der Waals surface area contributed by atoms with E-state index in [9.17, 15) is 0 Å². The summed E-state index contributed by atoms with van der Waals surface area (Å²) >= 11 is 5.24. The lowest BCUT2D eigenvalue weighted by atomic mass is 9.82. The average molecular weight is 291 g/mol. The van der Waals surface area contributed by atoms with E-state index in [-0.39, 0.29) is 0 Å². The fourth-order valence-electron chi connectivity index (χ4n) is 3.33. The minimum atomic E-state index is 0.443. The predicted molar refractivity (Wildman–Crippen MR) is 89.4 cm³/mol. The van der Waals surface area contributed by atoms with Gasteiger partial charge in [-0.25, -0.2) is 0 Å². The zero-order valence-electron chi connectivity index (χ0n) is 13.0. The van der Waals surface area contributed by atoms with Gasteiger partial charge < -0.3 is 10.6 Å². The number of nitrogens with two attached hydrogens (primary N) is 1. The number of anilines is 1. The molecular weight excluding hydrogens is 266 g/mol. The van der Waals surface area contributed by atoms with E-state index in [1.165, 1.54) is 24.9 Å². The summed E-state index contributed by atoms with van der Waals surface area (Å²) in [6.07, 6.45) is 3.70. The van der Waals surface area contributed by atoms with Crippen molar-refractivity contribution in [2.45, 2.75) is 47.0 Å². The molecule has 0 amide bonds. The maximum Gasteiger partial charge on any atom is 0.107 e. The van der Waals surface area contributed by atoms with Crippen molar-refractivity contribution < 1.29 is 0 Å². The number of rotatable bonds is 4. The summed E-state index contributed by atoms with van der Waals surface area (Å²) in [5, 5.41) is 0. The quantitative estimate of drug-likeness (QED) is 0.864. The summed E-state index contributed by atoms with van der Waals surface area (Å²) in [6.45, 7) is 10.8. The van der Waals surface area contributed by atoms with Crippen LogP contribution in [0.15, 0.2) is 6.07 Å². The van der Waals surface area contributed by atoms with Crippen LogP contribution < -0.4 is 10.6 Å². The Balaban J connectivity index is 2.41. The zero-order valence-corrected chi connectivity index (χ0v) is 13.8. The summed E-state index contributed by atoms with van der Waals surface area (Å²) < 4.78 is 0. The minimum Gasteiger partial charge on any atom is -0.389 e. The molecule has 0 atom stereocenters. The van der Waals surface area contributed by atoms with Crippen LogP contribution in [0.1, 0.15) is 50.1 Å². The van der Waals surface area contributed by atoms with Crippen LogP contribution in [-0.4, -0.2) is 23.1 Å². The normalized spacial score (nSPS) is 17.5. The van der Waals surface area contributed by atoms with Crippen LogP contribution in [0.4, 0.5) is 5.69 Å². The lowest BCUT2D eigenvalue weighted by Crippen LogP contribution is -2.28. The smallest absolute Gasteiger partial charge is 0.107 e. The minimum absolute atomic E-state index is 0.443. The summed E-state index contributed by atoms with van der Waals surface area (Å²) in [6, 6.07) is 2.13. The molecule has 0 aliphatic carbocycles. The van der Waals surface area contributed by atoms with Gasteiger partial charge in [-0.2, -0.15) is 0 Å². The van der Waals surface area contributed by atoms with Crippen LogP contribution in [0, 0.1) is 19.3 Å². The molecule has 110 valence electrons. The van der Waals surface area contributed by atoms with Crippen molar-refractivity contribution in [1.29, 1.82) is 0 Å². The van der Waals surface area contributed by atoms with E-state index in [0.717, 1.165) is 30.0 Å². The molecule has 0 saturated carbocycles. The van der Waals surface area contributed by atoms with E-state index in [1.54, 1.807) is 0 Å². The topological polar surface area (TPSA) is 42.2 Å². The molecular formula is C16H25N3S. The SMILES string of the molecule is CCC1(CC)CCN(c2cc(C)nc(C)c2C(N)=S)C1. The standard InChI is InChI=1S/C16H25N3S/c1-5-16(6-2)7-8-19(10-16)13-9-11(3)18-12(4)14(13)15(17)20/h9H,5-8,10H2,1-4H3,(H2,17,20). The van der Waals surface area contributed by atoms with Crippen molar-refractivity contribution in [3.63, 3.8) is 0 Å². The second-order valence-corrected chi connectivity index (χ2v) is 6.43. The van der Waals surface area contributed by atoms with Crippen molar-refractivity contribution in [3.8, 4) is 0 Å². The van der Waals surface area contributed by atoms with Gasteiger partial charge >= 0.3 is 0 Å². The first-order chi connectivity index (χ1) is 9.42. The number of hydrogen-bond donors (Lipinski definition) is 1. The van der Waals surface area contributed by atoms with Crippen molar-refractivity contribution in [3.05, 3.63) is 23.0 Å². The predicted octanol–water partition coefficient (Wildman–Crippen LogP) is 3.35. The van der Waals surface area contributed by atoms with Gasteiger partial charge in [0.1, 0.15) is 4.99 Å². The van der Waals surface area contributed by atoms with Gasteiger partial charge in [0.2, 0.25) is 0 Å². The van der Waals surface area contributed by atoms with Crippen LogP contribution in [-0.2, 0) is 0 Å². The van der Waals surface area contributed by atoms with Crippen LogP contribution in [0.25, 0.3) is 0 Å². The highest BCUT2D eigenvalue weighted by Crippen LogP contribution is 2.40. The summed E-state index contributed by atoms with van der Waals surface area (Å²) in [7, 11) is 0. The Morgan fingerprint density at radius 3 is 2.55 bits per heavy atom. The van der Waals surface area contributed by atoms with Gasteiger partial charge in [0.25, 0.3) is 0 Å².